The molecule has 74 valence electrons. The van der Waals surface area contributed by atoms with Crippen molar-refractivity contribution in [2.24, 2.45) is 0 Å². The van der Waals surface area contributed by atoms with Crippen molar-refractivity contribution in [1.82, 2.24) is 9.38 Å². The van der Waals surface area contributed by atoms with E-state index in [4.69, 9.17) is 0 Å². The summed E-state index contributed by atoms with van der Waals surface area (Å²) in [6, 6.07) is 3.10. The summed E-state index contributed by atoms with van der Waals surface area (Å²) in [4.78, 5) is 3.32. The molecule has 0 N–H and O–H groups in total. The molecule has 2 rings (SSSR count). The van der Waals surface area contributed by atoms with E-state index in [2.05, 4.69) is 20.9 Å². The van der Waals surface area contributed by atoms with Gasteiger partial charge >= 0.3 is 6.18 Å². The van der Waals surface area contributed by atoms with Gasteiger partial charge in [-0.05, 0) is 12.1 Å². The van der Waals surface area contributed by atoms with Crippen molar-refractivity contribution < 1.29 is 13.2 Å². The Labute approximate surface area is 85.5 Å². The van der Waals surface area contributed by atoms with Gasteiger partial charge in [0.2, 0.25) is 5.82 Å². The highest BCUT2D eigenvalue weighted by molar-refractivity contribution is 9.10. The molecule has 14 heavy (non-hydrogen) atoms. The fourth-order valence-electron chi connectivity index (χ4n) is 1.18. The summed E-state index contributed by atoms with van der Waals surface area (Å²) in [5.74, 6) is -0.903. The molecule has 2 aromatic rings. The minimum Gasteiger partial charge on any atom is -0.296 e. The first kappa shape index (κ1) is 9.51. The Morgan fingerprint density at radius 1 is 1.36 bits per heavy atom. The highest BCUT2D eigenvalue weighted by Crippen LogP contribution is 2.29. The molecule has 0 aromatic carbocycles. The van der Waals surface area contributed by atoms with Crippen LogP contribution in [0.5, 0.6) is 0 Å². The molecule has 6 heteroatoms. The zero-order valence-electron chi connectivity index (χ0n) is 6.72. The second-order valence-electron chi connectivity index (χ2n) is 2.72. The Bertz CT molecular complexity index is 475. The zero-order chi connectivity index (χ0) is 10.3. The fraction of sp³-hybridized carbons (Fsp3) is 0.125. The van der Waals surface area contributed by atoms with Gasteiger partial charge in [-0.1, -0.05) is 15.9 Å². The quantitative estimate of drug-likeness (QED) is 0.715. The van der Waals surface area contributed by atoms with E-state index in [1.165, 1.54) is 18.5 Å². The monoisotopic (exact) mass is 264 g/mol. The van der Waals surface area contributed by atoms with E-state index in [1.54, 1.807) is 6.07 Å². The number of hydrogen-bond donors (Lipinski definition) is 0. The molecule has 0 unspecified atom stereocenters. The van der Waals surface area contributed by atoms with Crippen LogP contribution in [0.2, 0.25) is 0 Å². The molecule has 0 bridgehead atoms. The molecular formula is C8H4BrF3N2. The predicted octanol–water partition coefficient (Wildman–Crippen LogP) is 3.12. The molecule has 2 aromatic heterocycles. The summed E-state index contributed by atoms with van der Waals surface area (Å²) < 4.78 is 38.8. The van der Waals surface area contributed by atoms with Crippen LogP contribution in [0.15, 0.2) is 29.0 Å². The maximum absolute atomic E-state index is 12.4. The van der Waals surface area contributed by atoms with Crippen LogP contribution in [0.25, 0.3) is 5.52 Å². The third-order valence-corrected chi connectivity index (χ3v) is 2.24. The van der Waals surface area contributed by atoms with E-state index in [0.29, 0.717) is 5.52 Å². The summed E-state index contributed by atoms with van der Waals surface area (Å²) in [6.45, 7) is 0. The second kappa shape index (κ2) is 2.98. The lowest BCUT2D eigenvalue weighted by molar-refractivity contribution is -0.145. The predicted molar refractivity (Wildman–Crippen MR) is 47.9 cm³/mol. The average molecular weight is 265 g/mol. The van der Waals surface area contributed by atoms with Gasteiger partial charge in [-0.2, -0.15) is 13.2 Å². The van der Waals surface area contributed by atoms with E-state index in [0.717, 1.165) is 8.87 Å². The van der Waals surface area contributed by atoms with Crippen LogP contribution in [0.4, 0.5) is 13.2 Å². The van der Waals surface area contributed by atoms with Gasteiger partial charge in [0.05, 0.1) is 11.7 Å². The Kier molecular flexibility index (Phi) is 2.02. The van der Waals surface area contributed by atoms with Crippen molar-refractivity contribution in [3.8, 4) is 0 Å². The van der Waals surface area contributed by atoms with Crippen molar-refractivity contribution in [2.45, 2.75) is 6.18 Å². The van der Waals surface area contributed by atoms with Crippen LogP contribution < -0.4 is 0 Å². The van der Waals surface area contributed by atoms with E-state index in [1.807, 2.05) is 0 Å². The summed E-state index contributed by atoms with van der Waals surface area (Å²) >= 11 is 3.17. The van der Waals surface area contributed by atoms with Gasteiger partial charge in [-0.25, -0.2) is 4.98 Å². The highest BCUT2D eigenvalue weighted by Gasteiger charge is 2.35. The van der Waals surface area contributed by atoms with Crippen molar-refractivity contribution in [3.05, 3.63) is 34.8 Å². The Hall–Kier alpha value is -1.04. The molecule has 0 fully saturated rings. The SMILES string of the molecule is FC(F)(F)c1ncc2cc(Br)ccn12. The second-order valence-corrected chi connectivity index (χ2v) is 3.64. The van der Waals surface area contributed by atoms with Gasteiger partial charge in [0, 0.05) is 10.7 Å². The van der Waals surface area contributed by atoms with E-state index < -0.39 is 12.0 Å². The lowest BCUT2D eigenvalue weighted by Gasteiger charge is -2.04. The molecule has 0 radical (unpaired) electrons. The number of nitrogens with zero attached hydrogens (tertiary/aromatic N) is 2. The van der Waals surface area contributed by atoms with Crippen molar-refractivity contribution in [3.63, 3.8) is 0 Å². The lowest BCUT2D eigenvalue weighted by atomic mass is 10.4. The molecule has 0 amide bonds. The smallest absolute Gasteiger partial charge is 0.296 e. The molecule has 0 aliphatic heterocycles. The number of pyridine rings is 1. The van der Waals surface area contributed by atoms with Gasteiger partial charge in [-0.15, -0.1) is 0 Å². The molecule has 0 spiro atoms. The lowest BCUT2D eigenvalue weighted by Crippen LogP contribution is -2.10. The van der Waals surface area contributed by atoms with Crippen LogP contribution in [0, 0.1) is 0 Å². The summed E-state index contributed by atoms with van der Waals surface area (Å²) in [7, 11) is 0. The molecule has 0 saturated carbocycles. The Morgan fingerprint density at radius 3 is 2.71 bits per heavy atom. The van der Waals surface area contributed by atoms with Gasteiger partial charge < -0.3 is 0 Å². The van der Waals surface area contributed by atoms with Gasteiger partial charge in [0.1, 0.15) is 0 Å². The third-order valence-electron chi connectivity index (χ3n) is 1.75. The minimum atomic E-state index is -4.42. The minimum absolute atomic E-state index is 0.409. The molecule has 2 nitrogen and oxygen atoms in total. The van der Waals surface area contributed by atoms with Crippen molar-refractivity contribution in [2.75, 3.05) is 0 Å². The summed E-state index contributed by atoms with van der Waals surface area (Å²) in [5.41, 5.74) is 0.409. The van der Waals surface area contributed by atoms with E-state index >= 15 is 0 Å². The van der Waals surface area contributed by atoms with Gasteiger partial charge in [-0.3, -0.25) is 4.40 Å². The van der Waals surface area contributed by atoms with Gasteiger partial charge in [0.25, 0.3) is 0 Å². The maximum Gasteiger partial charge on any atom is 0.450 e. The first-order valence-corrected chi connectivity index (χ1v) is 4.47. The molecule has 2 heterocycles. The number of aromatic nitrogens is 2. The number of fused-ring (bicyclic) bond motifs is 1. The molecular weight excluding hydrogens is 261 g/mol. The first-order chi connectivity index (χ1) is 6.48. The molecule has 0 aliphatic rings. The van der Waals surface area contributed by atoms with Crippen LogP contribution >= 0.6 is 15.9 Å². The number of halogens is 4. The fourth-order valence-corrected chi connectivity index (χ4v) is 1.54. The molecule has 0 aliphatic carbocycles. The number of alkyl halides is 3. The van der Waals surface area contributed by atoms with Crippen LogP contribution in [0.3, 0.4) is 0 Å². The topological polar surface area (TPSA) is 17.3 Å². The number of imidazole rings is 1. The number of hydrogen-bond acceptors (Lipinski definition) is 1. The largest absolute Gasteiger partial charge is 0.450 e. The van der Waals surface area contributed by atoms with Crippen LogP contribution in [-0.4, -0.2) is 9.38 Å². The molecule has 0 atom stereocenters. The zero-order valence-corrected chi connectivity index (χ0v) is 8.30. The maximum atomic E-state index is 12.4. The number of rotatable bonds is 0. The first-order valence-electron chi connectivity index (χ1n) is 3.68. The summed E-state index contributed by atoms with van der Waals surface area (Å²) in [5, 5.41) is 0. The third kappa shape index (κ3) is 1.50. The van der Waals surface area contributed by atoms with E-state index in [-0.39, 0.29) is 0 Å². The normalized spacial score (nSPS) is 12.3. The van der Waals surface area contributed by atoms with E-state index in [9.17, 15) is 13.2 Å². The Balaban J connectivity index is 2.70. The van der Waals surface area contributed by atoms with Crippen LogP contribution in [0.1, 0.15) is 5.82 Å². The highest BCUT2D eigenvalue weighted by atomic mass is 79.9. The summed E-state index contributed by atoms with van der Waals surface area (Å²) in [6.07, 6.45) is -1.90. The van der Waals surface area contributed by atoms with Crippen molar-refractivity contribution in [1.29, 1.82) is 0 Å². The van der Waals surface area contributed by atoms with Gasteiger partial charge in [0.15, 0.2) is 0 Å². The van der Waals surface area contributed by atoms with Crippen LogP contribution in [-0.2, 0) is 6.18 Å². The molecule has 0 saturated heterocycles. The Morgan fingerprint density at radius 2 is 2.07 bits per heavy atom. The standard InChI is InChI=1S/C8H4BrF3N2/c9-5-1-2-14-6(3-5)4-13-7(14)8(10,11)12/h1-4H. The average Bonchev–Trinajstić information content (AvgIpc) is 2.45. The van der Waals surface area contributed by atoms with Crippen molar-refractivity contribution >= 4 is 21.4 Å².